The first-order valence-electron chi connectivity index (χ1n) is 10.0. The van der Waals surface area contributed by atoms with Gasteiger partial charge in [-0.25, -0.2) is 0 Å². The molecule has 2 fully saturated rings. The van der Waals surface area contributed by atoms with Crippen LogP contribution in [0.15, 0.2) is 23.8 Å². The first-order valence-corrected chi connectivity index (χ1v) is 10.0. The fraction of sp³-hybridized carbons (Fsp3) is 0.696. The SMILES string of the molecule is CC#CC[C@H](C)C/C=C/[C@@H]1[C@H]2C/C(=C/CCCC(=O)OC)C[C@H]2C[C@H]1O. The van der Waals surface area contributed by atoms with Crippen LogP contribution >= 0.6 is 0 Å². The lowest BCUT2D eigenvalue weighted by Gasteiger charge is -2.17. The van der Waals surface area contributed by atoms with Crippen LogP contribution < -0.4 is 0 Å². The van der Waals surface area contributed by atoms with Gasteiger partial charge in [0.1, 0.15) is 0 Å². The van der Waals surface area contributed by atoms with Crippen molar-refractivity contribution < 1.29 is 14.6 Å². The maximum Gasteiger partial charge on any atom is 0.305 e. The van der Waals surface area contributed by atoms with Gasteiger partial charge < -0.3 is 9.84 Å². The number of carbonyl (C=O) groups is 1. The van der Waals surface area contributed by atoms with E-state index in [0.717, 1.165) is 44.9 Å². The smallest absolute Gasteiger partial charge is 0.305 e. The standard InChI is InChI=1S/C23H34O3/c1-4-5-9-17(2)10-8-12-20-21-15-18(14-19(21)16-22(20)24)11-6-7-13-23(25)26-3/h8,11-12,17,19-22,24H,6-7,9-10,13-16H2,1-3H3/b12-8+,18-11+/t17-,19-,20+,21-,22+/m0/s1. The zero-order valence-electron chi connectivity index (χ0n) is 16.5. The Bertz CT molecular complexity index is 578. The van der Waals surface area contributed by atoms with Gasteiger partial charge in [-0.15, -0.1) is 11.8 Å². The van der Waals surface area contributed by atoms with E-state index in [1.807, 2.05) is 6.92 Å². The molecule has 0 saturated heterocycles. The van der Waals surface area contributed by atoms with E-state index in [1.54, 1.807) is 0 Å². The van der Waals surface area contributed by atoms with Gasteiger partial charge in [0.25, 0.3) is 0 Å². The summed E-state index contributed by atoms with van der Waals surface area (Å²) in [6.07, 6.45) is 14.1. The van der Waals surface area contributed by atoms with E-state index in [9.17, 15) is 9.90 Å². The van der Waals surface area contributed by atoms with E-state index in [2.05, 4.69) is 41.7 Å². The molecular formula is C23H34O3. The summed E-state index contributed by atoms with van der Waals surface area (Å²) in [5.41, 5.74) is 1.52. The zero-order chi connectivity index (χ0) is 18.9. The first-order chi connectivity index (χ1) is 12.5. The highest BCUT2D eigenvalue weighted by molar-refractivity contribution is 5.69. The Morgan fingerprint density at radius 3 is 2.96 bits per heavy atom. The molecule has 0 aliphatic heterocycles. The molecular weight excluding hydrogens is 324 g/mol. The van der Waals surface area contributed by atoms with Crippen molar-refractivity contribution in [1.29, 1.82) is 0 Å². The van der Waals surface area contributed by atoms with Gasteiger partial charge in [0.05, 0.1) is 13.2 Å². The van der Waals surface area contributed by atoms with E-state index >= 15 is 0 Å². The van der Waals surface area contributed by atoms with Crippen molar-refractivity contribution in [3.8, 4) is 11.8 Å². The van der Waals surface area contributed by atoms with Gasteiger partial charge in [0, 0.05) is 18.8 Å². The number of esters is 1. The number of unbranched alkanes of at least 4 members (excludes halogenated alkanes) is 1. The van der Waals surface area contributed by atoms with Gasteiger partial charge in [-0.3, -0.25) is 4.79 Å². The molecule has 26 heavy (non-hydrogen) atoms. The third kappa shape index (κ3) is 6.02. The zero-order valence-corrected chi connectivity index (χ0v) is 16.5. The summed E-state index contributed by atoms with van der Waals surface area (Å²) >= 11 is 0. The predicted octanol–water partition coefficient (Wildman–Crippen LogP) is 4.66. The molecule has 2 aliphatic rings. The fourth-order valence-electron chi connectivity index (χ4n) is 4.42. The Kier molecular flexibility index (Phi) is 8.45. The highest BCUT2D eigenvalue weighted by Crippen LogP contribution is 2.50. The molecule has 2 rings (SSSR count). The van der Waals surface area contributed by atoms with Crippen LogP contribution in [0.2, 0.25) is 0 Å². The van der Waals surface area contributed by atoms with Gasteiger partial charge in [0.2, 0.25) is 0 Å². The summed E-state index contributed by atoms with van der Waals surface area (Å²) in [5.74, 6) is 8.04. The van der Waals surface area contributed by atoms with E-state index in [4.69, 9.17) is 0 Å². The summed E-state index contributed by atoms with van der Waals surface area (Å²) in [5, 5.41) is 10.4. The molecule has 3 nitrogen and oxygen atoms in total. The molecule has 0 unspecified atom stereocenters. The quantitative estimate of drug-likeness (QED) is 0.297. The van der Waals surface area contributed by atoms with E-state index in [1.165, 1.54) is 12.7 Å². The molecule has 0 aromatic rings. The summed E-state index contributed by atoms with van der Waals surface area (Å²) in [7, 11) is 1.44. The van der Waals surface area contributed by atoms with Crippen molar-refractivity contribution in [2.24, 2.45) is 23.7 Å². The van der Waals surface area contributed by atoms with Crippen LogP contribution in [0.25, 0.3) is 0 Å². The number of aliphatic hydroxyl groups is 1. The van der Waals surface area contributed by atoms with Crippen LogP contribution in [0, 0.1) is 35.5 Å². The minimum absolute atomic E-state index is 0.126. The Morgan fingerprint density at radius 1 is 1.42 bits per heavy atom. The minimum atomic E-state index is -0.187. The lowest BCUT2D eigenvalue weighted by atomic mass is 9.90. The lowest BCUT2D eigenvalue weighted by molar-refractivity contribution is -0.140. The van der Waals surface area contributed by atoms with Gasteiger partial charge in [0.15, 0.2) is 0 Å². The maximum absolute atomic E-state index is 11.2. The van der Waals surface area contributed by atoms with Crippen molar-refractivity contribution in [1.82, 2.24) is 0 Å². The summed E-state index contributed by atoms with van der Waals surface area (Å²) in [6, 6.07) is 0. The number of hydrogen-bond acceptors (Lipinski definition) is 3. The molecule has 0 aromatic heterocycles. The summed E-state index contributed by atoms with van der Waals surface area (Å²) in [6.45, 7) is 4.12. The Labute approximate surface area is 158 Å². The minimum Gasteiger partial charge on any atom is -0.469 e. The van der Waals surface area contributed by atoms with Crippen LogP contribution in [-0.4, -0.2) is 24.3 Å². The second kappa shape index (κ2) is 10.6. The number of allylic oxidation sites excluding steroid dienone is 3. The number of hydrogen-bond donors (Lipinski definition) is 1. The average molecular weight is 359 g/mol. The van der Waals surface area contributed by atoms with Crippen molar-refractivity contribution in [2.75, 3.05) is 7.11 Å². The van der Waals surface area contributed by atoms with Gasteiger partial charge >= 0.3 is 5.97 Å². The lowest BCUT2D eigenvalue weighted by Crippen LogP contribution is -2.16. The molecule has 0 spiro atoms. The van der Waals surface area contributed by atoms with Crippen molar-refractivity contribution in [2.45, 2.75) is 71.3 Å². The highest BCUT2D eigenvalue weighted by Gasteiger charge is 2.44. The van der Waals surface area contributed by atoms with Crippen LogP contribution in [0.4, 0.5) is 0 Å². The molecule has 5 atom stereocenters. The largest absolute Gasteiger partial charge is 0.469 e. The molecule has 2 aliphatic carbocycles. The first kappa shape index (κ1) is 20.8. The summed E-state index contributed by atoms with van der Waals surface area (Å²) in [4.78, 5) is 11.2. The van der Waals surface area contributed by atoms with Gasteiger partial charge in [-0.1, -0.05) is 30.7 Å². The molecule has 0 heterocycles. The van der Waals surface area contributed by atoms with E-state index in [0.29, 0.717) is 30.1 Å². The second-order valence-corrected chi connectivity index (χ2v) is 7.94. The van der Waals surface area contributed by atoms with Crippen LogP contribution in [0.5, 0.6) is 0 Å². The Balaban J connectivity index is 1.81. The monoisotopic (exact) mass is 358 g/mol. The number of rotatable bonds is 8. The Hall–Kier alpha value is -1.53. The third-order valence-electron chi connectivity index (χ3n) is 5.88. The molecule has 0 bridgehead atoms. The van der Waals surface area contributed by atoms with Crippen molar-refractivity contribution in [3.05, 3.63) is 23.8 Å². The topological polar surface area (TPSA) is 46.5 Å². The summed E-state index contributed by atoms with van der Waals surface area (Å²) < 4.78 is 4.68. The predicted molar refractivity (Wildman–Crippen MR) is 105 cm³/mol. The molecule has 144 valence electrons. The van der Waals surface area contributed by atoms with Crippen molar-refractivity contribution in [3.63, 3.8) is 0 Å². The fourth-order valence-corrected chi connectivity index (χ4v) is 4.42. The van der Waals surface area contributed by atoms with Crippen LogP contribution in [0.1, 0.15) is 65.2 Å². The highest BCUT2D eigenvalue weighted by atomic mass is 16.5. The van der Waals surface area contributed by atoms with Crippen molar-refractivity contribution >= 4 is 5.97 Å². The second-order valence-electron chi connectivity index (χ2n) is 7.94. The average Bonchev–Trinajstić information content (AvgIpc) is 3.14. The number of fused-ring (bicyclic) bond motifs is 1. The van der Waals surface area contributed by atoms with E-state index in [-0.39, 0.29) is 12.1 Å². The molecule has 0 aromatic carbocycles. The number of carbonyl (C=O) groups excluding carboxylic acids is 1. The molecule has 3 heteroatoms. The number of methoxy groups -OCH3 is 1. The van der Waals surface area contributed by atoms with E-state index < -0.39 is 0 Å². The molecule has 0 radical (unpaired) electrons. The molecule has 2 saturated carbocycles. The van der Waals surface area contributed by atoms with Gasteiger partial charge in [-0.2, -0.15) is 0 Å². The van der Waals surface area contributed by atoms with Crippen LogP contribution in [-0.2, 0) is 9.53 Å². The molecule has 1 N–H and O–H groups in total. The normalized spacial score (nSPS) is 30.2. The molecule has 0 amide bonds. The van der Waals surface area contributed by atoms with Crippen LogP contribution in [0.3, 0.4) is 0 Å². The van der Waals surface area contributed by atoms with Gasteiger partial charge in [-0.05, 0) is 63.2 Å². The third-order valence-corrected chi connectivity index (χ3v) is 5.88. The number of aliphatic hydroxyl groups excluding tert-OH is 1. The Morgan fingerprint density at radius 2 is 2.23 bits per heavy atom. The maximum atomic E-state index is 11.2. The number of ether oxygens (including phenoxy) is 1.